The number of guanidine groups is 1. The maximum absolute atomic E-state index is 6.30. The van der Waals surface area contributed by atoms with E-state index in [-0.39, 0.29) is 30.0 Å². The second-order valence-electron chi connectivity index (χ2n) is 7.07. The largest absolute Gasteiger partial charge is 0.357 e. The molecule has 0 aliphatic carbocycles. The monoisotopic (exact) mass is 552 g/mol. The lowest BCUT2D eigenvalue weighted by Gasteiger charge is -2.20. The Hall–Kier alpha value is -2.40. The van der Waals surface area contributed by atoms with E-state index in [0.29, 0.717) is 11.6 Å². The summed E-state index contributed by atoms with van der Waals surface area (Å²) in [7, 11) is 0. The molecule has 10 heteroatoms. The van der Waals surface area contributed by atoms with Crippen LogP contribution in [0.5, 0.6) is 0 Å². The normalized spacial score (nSPS) is 16.1. The van der Waals surface area contributed by atoms with Gasteiger partial charge in [0.2, 0.25) is 0 Å². The van der Waals surface area contributed by atoms with Crippen molar-refractivity contribution in [3.8, 4) is 5.82 Å². The lowest BCUT2D eigenvalue weighted by atomic mass is 10.2. The van der Waals surface area contributed by atoms with Gasteiger partial charge in [-0.1, -0.05) is 11.6 Å². The molecule has 0 amide bonds. The highest BCUT2D eigenvalue weighted by Crippen LogP contribution is 2.25. The molecule has 3 aromatic heterocycles. The second kappa shape index (κ2) is 11.3. The first-order chi connectivity index (χ1) is 14.7. The highest BCUT2D eigenvalue weighted by molar-refractivity contribution is 14.0. The molecule has 1 unspecified atom stereocenters. The SMILES string of the molecule is CCNC(=NCc1ccnc(-n2ccnc2)c1)NC1CCN(c2ncccc2Cl)C1.I. The Bertz CT molecular complexity index is 995. The van der Waals surface area contributed by atoms with E-state index in [4.69, 9.17) is 16.6 Å². The van der Waals surface area contributed by atoms with Gasteiger partial charge in [-0.25, -0.2) is 19.9 Å². The second-order valence-corrected chi connectivity index (χ2v) is 7.48. The summed E-state index contributed by atoms with van der Waals surface area (Å²) in [5.74, 6) is 2.48. The number of nitrogens with one attached hydrogen (secondary N) is 2. The molecular weight excluding hydrogens is 527 g/mol. The van der Waals surface area contributed by atoms with Crippen molar-refractivity contribution in [2.75, 3.05) is 24.5 Å². The average molecular weight is 553 g/mol. The summed E-state index contributed by atoms with van der Waals surface area (Å²) in [4.78, 5) is 19.9. The van der Waals surface area contributed by atoms with Crippen LogP contribution in [0, 0.1) is 0 Å². The van der Waals surface area contributed by atoms with Crippen LogP contribution in [-0.4, -0.2) is 51.2 Å². The van der Waals surface area contributed by atoms with E-state index in [1.807, 2.05) is 35.0 Å². The van der Waals surface area contributed by atoms with Gasteiger partial charge in [-0.3, -0.25) is 4.57 Å². The van der Waals surface area contributed by atoms with Crippen molar-refractivity contribution in [2.24, 2.45) is 4.99 Å². The van der Waals surface area contributed by atoms with E-state index in [1.54, 1.807) is 24.9 Å². The summed E-state index contributed by atoms with van der Waals surface area (Å²) >= 11 is 6.30. The molecule has 31 heavy (non-hydrogen) atoms. The minimum absolute atomic E-state index is 0. The summed E-state index contributed by atoms with van der Waals surface area (Å²) < 4.78 is 1.88. The van der Waals surface area contributed by atoms with Gasteiger partial charge >= 0.3 is 0 Å². The predicted molar refractivity (Wildman–Crippen MR) is 135 cm³/mol. The quantitative estimate of drug-likeness (QED) is 0.278. The molecule has 2 N–H and O–H groups in total. The van der Waals surface area contributed by atoms with E-state index in [0.717, 1.165) is 49.2 Å². The van der Waals surface area contributed by atoms with E-state index in [1.165, 1.54) is 0 Å². The van der Waals surface area contributed by atoms with Crippen molar-refractivity contribution in [1.29, 1.82) is 0 Å². The molecule has 0 bridgehead atoms. The van der Waals surface area contributed by atoms with Crippen LogP contribution in [0.2, 0.25) is 5.02 Å². The summed E-state index contributed by atoms with van der Waals surface area (Å²) in [5, 5.41) is 7.57. The van der Waals surface area contributed by atoms with E-state index in [2.05, 4.69) is 37.4 Å². The van der Waals surface area contributed by atoms with Crippen molar-refractivity contribution in [3.63, 3.8) is 0 Å². The van der Waals surface area contributed by atoms with Crippen molar-refractivity contribution in [3.05, 3.63) is 66.0 Å². The zero-order valence-electron chi connectivity index (χ0n) is 17.3. The molecule has 0 saturated carbocycles. The first kappa shape index (κ1) is 23.3. The first-order valence-corrected chi connectivity index (χ1v) is 10.4. The van der Waals surface area contributed by atoms with Crippen LogP contribution < -0.4 is 15.5 Å². The van der Waals surface area contributed by atoms with E-state index < -0.39 is 0 Å². The highest BCUT2D eigenvalue weighted by atomic mass is 127. The van der Waals surface area contributed by atoms with Crippen molar-refractivity contribution < 1.29 is 0 Å². The zero-order valence-corrected chi connectivity index (χ0v) is 20.4. The molecule has 1 aliphatic rings. The maximum Gasteiger partial charge on any atom is 0.191 e. The third kappa shape index (κ3) is 6.07. The fourth-order valence-electron chi connectivity index (χ4n) is 3.46. The molecule has 4 heterocycles. The Kier molecular flexibility index (Phi) is 8.47. The summed E-state index contributed by atoms with van der Waals surface area (Å²) in [6, 6.07) is 8.01. The van der Waals surface area contributed by atoms with Crippen LogP contribution >= 0.6 is 35.6 Å². The Morgan fingerprint density at radius 1 is 1.26 bits per heavy atom. The van der Waals surface area contributed by atoms with Gasteiger partial charge in [0.15, 0.2) is 5.96 Å². The maximum atomic E-state index is 6.30. The minimum atomic E-state index is 0. The molecule has 1 atom stereocenters. The third-order valence-electron chi connectivity index (χ3n) is 4.91. The molecule has 3 aromatic rings. The van der Waals surface area contributed by atoms with Gasteiger partial charge in [-0.2, -0.15) is 0 Å². The Morgan fingerprint density at radius 2 is 2.16 bits per heavy atom. The third-order valence-corrected chi connectivity index (χ3v) is 5.21. The fraction of sp³-hybridized carbons (Fsp3) is 0.333. The van der Waals surface area contributed by atoms with E-state index >= 15 is 0 Å². The molecule has 1 saturated heterocycles. The smallest absolute Gasteiger partial charge is 0.191 e. The molecule has 164 valence electrons. The van der Waals surface area contributed by atoms with Gasteiger partial charge in [0.25, 0.3) is 0 Å². The highest BCUT2D eigenvalue weighted by Gasteiger charge is 2.25. The molecule has 1 fully saturated rings. The van der Waals surface area contributed by atoms with Gasteiger partial charge in [0, 0.05) is 50.5 Å². The van der Waals surface area contributed by atoms with Crippen LogP contribution in [0.3, 0.4) is 0 Å². The van der Waals surface area contributed by atoms with Crippen molar-refractivity contribution in [1.82, 2.24) is 30.2 Å². The number of hydrogen-bond donors (Lipinski definition) is 2. The van der Waals surface area contributed by atoms with Crippen LogP contribution in [0.25, 0.3) is 5.82 Å². The number of imidazole rings is 1. The topological polar surface area (TPSA) is 83.3 Å². The lowest BCUT2D eigenvalue weighted by Crippen LogP contribution is -2.44. The van der Waals surface area contributed by atoms with Crippen LogP contribution in [0.4, 0.5) is 5.82 Å². The number of rotatable bonds is 6. The van der Waals surface area contributed by atoms with Crippen molar-refractivity contribution >= 4 is 47.4 Å². The lowest BCUT2D eigenvalue weighted by molar-refractivity contribution is 0.648. The summed E-state index contributed by atoms with van der Waals surface area (Å²) in [6.45, 7) is 5.16. The zero-order chi connectivity index (χ0) is 20.8. The van der Waals surface area contributed by atoms with Gasteiger partial charge in [0.05, 0.1) is 11.6 Å². The number of nitrogens with zero attached hydrogens (tertiary/aromatic N) is 6. The van der Waals surface area contributed by atoms with Gasteiger partial charge in [-0.15, -0.1) is 24.0 Å². The van der Waals surface area contributed by atoms with Crippen LogP contribution in [-0.2, 0) is 6.54 Å². The van der Waals surface area contributed by atoms with Gasteiger partial charge in [0.1, 0.15) is 18.0 Å². The summed E-state index contributed by atoms with van der Waals surface area (Å²) in [5.41, 5.74) is 1.08. The molecule has 0 spiro atoms. The molecule has 1 aliphatic heterocycles. The number of aromatic nitrogens is 4. The molecular formula is C21H26ClIN8. The van der Waals surface area contributed by atoms with Gasteiger partial charge < -0.3 is 15.5 Å². The number of aliphatic imine (C=N–C) groups is 1. The minimum Gasteiger partial charge on any atom is -0.357 e. The van der Waals surface area contributed by atoms with Crippen LogP contribution in [0.15, 0.2) is 60.4 Å². The number of anilines is 1. The Balaban J connectivity index is 0.00000272. The Morgan fingerprint density at radius 3 is 2.94 bits per heavy atom. The number of halogens is 2. The first-order valence-electron chi connectivity index (χ1n) is 10.1. The fourth-order valence-corrected chi connectivity index (χ4v) is 3.70. The standard InChI is InChI=1S/C21H25ClN8.HI/c1-2-24-21(27-13-16-5-8-25-19(12-16)30-11-9-23-15-30)28-17-6-10-29(14-17)20-18(22)4-3-7-26-20;/h3-5,7-9,11-12,15,17H,2,6,10,13-14H2,1H3,(H2,24,27,28);1H. The number of pyridine rings is 2. The molecule has 8 nitrogen and oxygen atoms in total. The molecule has 4 rings (SSSR count). The van der Waals surface area contributed by atoms with E-state index in [9.17, 15) is 0 Å². The predicted octanol–water partition coefficient (Wildman–Crippen LogP) is 3.27. The average Bonchev–Trinajstić information content (AvgIpc) is 3.45. The van der Waals surface area contributed by atoms with Crippen molar-refractivity contribution in [2.45, 2.75) is 25.9 Å². The molecule has 0 radical (unpaired) electrons. The molecule has 0 aromatic carbocycles. The van der Waals surface area contributed by atoms with Crippen LogP contribution in [0.1, 0.15) is 18.9 Å². The summed E-state index contributed by atoms with van der Waals surface area (Å²) in [6.07, 6.45) is 9.92. The Labute approximate surface area is 204 Å². The number of hydrogen-bond acceptors (Lipinski definition) is 5. The van der Waals surface area contributed by atoms with Gasteiger partial charge in [-0.05, 0) is 43.2 Å².